The molecule has 21 heavy (non-hydrogen) atoms. The van der Waals surface area contributed by atoms with E-state index in [1.807, 2.05) is 24.3 Å². The second-order valence-corrected chi connectivity index (χ2v) is 7.54. The fourth-order valence-electron chi connectivity index (χ4n) is 2.01. The van der Waals surface area contributed by atoms with Gasteiger partial charge in [-0.1, -0.05) is 28.1 Å². The second kappa shape index (κ2) is 5.08. The first-order valence-electron chi connectivity index (χ1n) is 5.88. The number of nitrogens with zero attached hydrogens (tertiary/aromatic N) is 3. The predicted molar refractivity (Wildman–Crippen MR) is 85.9 cm³/mol. The highest BCUT2D eigenvalue weighted by molar-refractivity contribution is 9.10. The minimum Gasteiger partial charge on any atom is -0.227 e. The molecule has 5 nitrogen and oxygen atoms in total. The van der Waals surface area contributed by atoms with E-state index in [4.69, 9.17) is 11.6 Å². The summed E-state index contributed by atoms with van der Waals surface area (Å²) >= 11 is 9.27. The molecule has 108 valence electrons. The number of hydrogen-bond donors (Lipinski definition) is 0. The average Bonchev–Trinajstić information content (AvgIpc) is 2.74. The number of rotatable bonds is 2. The summed E-state index contributed by atoms with van der Waals surface area (Å²) in [5, 5.41) is -0.118. The molecule has 0 spiro atoms. The normalized spacial score (nSPS) is 12.0. The van der Waals surface area contributed by atoms with Crippen molar-refractivity contribution in [2.24, 2.45) is 0 Å². The van der Waals surface area contributed by atoms with Crippen LogP contribution in [0.3, 0.4) is 0 Å². The summed E-state index contributed by atoms with van der Waals surface area (Å²) in [6.07, 6.45) is 1.07. The summed E-state index contributed by atoms with van der Waals surface area (Å²) in [6, 6.07) is 11.0. The third kappa shape index (κ3) is 2.68. The van der Waals surface area contributed by atoms with Gasteiger partial charge in [0, 0.05) is 10.0 Å². The molecule has 0 fully saturated rings. The molecule has 0 amide bonds. The highest BCUT2D eigenvalue weighted by atomic mass is 79.9. The first kappa shape index (κ1) is 14.5. The molecular formula is C13H9BrClN3O2S. The molecule has 0 saturated carbocycles. The first-order chi connectivity index (χ1) is 9.86. The van der Waals surface area contributed by atoms with E-state index in [9.17, 15) is 8.42 Å². The number of benzene rings is 1. The Labute approximate surface area is 134 Å². The molecular weight excluding hydrogens is 378 g/mol. The van der Waals surface area contributed by atoms with E-state index in [0.717, 1.165) is 20.3 Å². The van der Waals surface area contributed by atoms with Crippen molar-refractivity contribution in [2.45, 2.75) is 0 Å². The predicted octanol–water partition coefficient (Wildman–Crippen LogP) is 3.32. The number of aromatic nitrogens is 3. The maximum Gasteiger partial charge on any atom is 0.238 e. The third-order valence-electron chi connectivity index (χ3n) is 2.91. The Kier molecular flexibility index (Phi) is 3.51. The van der Waals surface area contributed by atoms with Crippen LogP contribution in [0.2, 0.25) is 5.28 Å². The monoisotopic (exact) mass is 385 g/mol. The third-order valence-corrected chi connectivity index (χ3v) is 4.83. The van der Waals surface area contributed by atoms with Gasteiger partial charge in [-0.25, -0.2) is 17.4 Å². The van der Waals surface area contributed by atoms with Crippen LogP contribution in [0.1, 0.15) is 0 Å². The summed E-state index contributed by atoms with van der Waals surface area (Å²) < 4.78 is 25.4. The Hall–Kier alpha value is -1.44. The molecule has 8 heteroatoms. The van der Waals surface area contributed by atoms with Gasteiger partial charge in [-0.2, -0.15) is 4.98 Å². The highest BCUT2D eigenvalue weighted by Gasteiger charge is 2.18. The average molecular weight is 387 g/mol. The van der Waals surface area contributed by atoms with Crippen molar-refractivity contribution in [3.05, 3.63) is 46.2 Å². The van der Waals surface area contributed by atoms with Gasteiger partial charge in [0.1, 0.15) is 5.52 Å². The van der Waals surface area contributed by atoms with Crippen molar-refractivity contribution in [3.8, 4) is 11.3 Å². The Balaban J connectivity index is 2.21. The number of fused-ring (bicyclic) bond motifs is 1. The molecule has 0 atom stereocenters. The summed E-state index contributed by atoms with van der Waals surface area (Å²) in [6.45, 7) is 0. The van der Waals surface area contributed by atoms with Crippen molar-refractivity contribution >= 4 is 48.7 Å². The van der Waals surface area contributed by atoms with Gasteiger partial charge in [-0.05, 0) is 35.9 Å². The molecule has 3 aromatic rings. The van der Waals surface area contributed by atoms with Gasteiger partial charge in [0.15, 0.2) is 5.65 Å². The van der Waals surface area contributed by atoms with Crippen LogP contribution in [0, 0.1) is 0 Å². The highest BCUT2D eigenvalue weighted by Crippen LogP contribution is 2.25. The summed E-state index contributed by atoms with van der Waals surface area (Å²) in [5.41, 5.74) is 2.27. The number of imidazole rings is 1. The van der Waals surface area contributed by atoms with E-state index in [0.29, 0.717) is 16.9 Å². The molecule has 0 aliphatic rings. The van der Waals surface area contributed by atoms with Crippen LogP contribution in [0.15, 0.2) is 40.9 Å². The first-order valence-corrected chi connectivity index (χ1v) is 8.90. The Morgan fingerprint density at radius 3 is 2.38 bits per heavy atom. The summed E-state index contributed by atoms with van der Waals surface area (Å²) in [5.74, 6) is 0. The minimum atomic E-state index is -3.52. The van der Waals surface area contributed by atoms with Crippen LogP contribution in [0.4, 0.5) is 0 Å². The largest absolute Gasteiger partial charge is 0.238 e. The van der Waals surface area contributed by atoms with Crippen molar-refractivity contribution < 1.29 is 8.42 Å². The molecule has 1 aromatic carbocycles. The maximum absolute atomic E-state index is 11.7. The van der Waals surface area contributed by atoms with Crippen molar-refractivity contribution in [1.82, 2.24) is 13.9 Å². The van der Waals surface area contributed by atoms with Gasteiger partial charge >= 0.3 is 0 Å². The molecule has 2 aromatic heterocycles. The van der Waals surface area contributed by atoms with E-state index < -0.39 is 10.0 Å². The SMILES string of the molecule is CS(=O)(=O)n1c(Cl)nc2nc(-c3ccc(Br)cc3)ccc21. The standard InChI is InChI=1S/C13H9BrClN3O2S/c1-21(19,20)18-11-7-6-10(16-12(11)17-13(18)15)8-2-4-9(14)5-3-8/h2-7H,1H3. The molecule has 0 aliphatic heterocycles. The molecule has 3 rings (SSSR count). The molecule has 0 N–H and O–H groups in total. The fraction of sp³-hybridized carbons (Fsp3) is 0.0769. The Morgan fingerprint density at radius 2 is 1.76 bits per heavy atom. The van der Waals surface area contributed by atoms with Gasteiger partial charge in [0.2, 0.25) is 15.3 Å². The minimum absolute atomic E-state index is 0.118. The number of hydrogen-bond acceptors (Lipinski definition) is 4. The number of halogens is 2. The van der Waals surface area contributed by atoms with E-state index in [2.05, 4.69) is 25.9 Å². The second-order valence-electron chi connectivity index (χ2n) is 4.45. The summed E-state index contributed by atoms with van der Waals surface area (Å²) in [7, 11) is -3.52. The molecule has 0 aliphatic carbocycles. The Morgan fingerprint density at radius 1 is 1.10 bits per heavy atom. The van der Waals surface area contributed by atoms with Crippen LogP contribution in [0.25, 0.3) is 22.4 Å². The topological polar surface area (TPSA) is 64.8 Å². The smallest absolute Gasteiger partial charge is 0.227 e. The van der Waals surface area contributed by atoms with Crippen LogP contribution in [0.5, 0.6) is 0 Å². The zero-order chi connectivity index (χ0) is 15.2. The van der Waals surface area contributed by atoms with E-state index in [1.54, 1.807) is 12.1 Å². The lowest BCUT2D eigenvalue weighted by Crippen LogP contribution is -2.09. The summed E-state index contributed by atoms with van der Waals surface area (Å²) in [4.78, 5) is 8.39. The lowest BCUT2D eigenvalue weighted by molar-refractivity contribution is 0.595. The van der Waals surface area contributed by atoms with E-state index in [-0.39, 0.29) is 5.28 Å². The zero-order valence-electron chi connectivity index (χ0n) is 10.8. The van der Waals surface area contributed by atoms with Gasteiger partial charge in [0.25, 0.3) is 0 Å². The molecule has 2 heterocycles. The van der Waals surface area contributed by atoms with Crippen LogP contribution in [-0.2, 0) is 10.0 Å². The van der Waals surface area contributed by atoms with Crippen molar-refractivity contribution in [2.75, 3.05) is 6.26 Å². The molecule has 0 radical (unpaired) electrons. The van der Waals surface area contributed by atoms with Crippen LogP contribution in [-0.4, -0.2) is 28.6 Å². The van der Waals surface area contributed by atoms with Crippen LogP contribution < -0.4 is 0 Å². The lowest BCUT2D eigenvalue weighted by atomic mass is 10.1. The van der Waals surface area contributed by atoms with Gasteiger partial charge in [-0.15, -0.1) is 0 Å². The quantitative estimate of drug-likeness (QED) is 0.678. The van der Waals surface area contributed by atoms with Gasteiger partial charge in [0.05, 0.1) is 11.9 Å². The fourth-order valence-corrected chi connectivity index (χ4v) is 3.64. The van der Waals surface area contributed by atoms with Gasteiger partial charge in [-0.3, -0.25) is 0 Å². The molecule has 0 saturated heterocycles. The molecule has 0 bridgehead atoms. The van der Waals surface area contributed by atoms with Crippen molar-refractivity contribution in [1.29, 1.82) is 0 Å². The Bertz CT molecular complexity index is 936. The van der Waals surface area contributed by atoms with E-state index >= 15 is 0 Å². The van der Waals surface area contributed by atoms with Gasteiger partial charge < -0.3 is 0 Å². The molecule has 0 unspecified atom stereocenters. The maximum atomic E-state index is 11.7. The van der Waals surface area contributed by atoms with Crippen molar-refractivity contribution in [3.63, 3.8) is 0 Å². The van der Waals surface area contributed by atoms with E-state index in [1.165, 1.54) is 0 Å². The zero-order valence-corrected chi connectivity index (χ0v) is 13.9. The lowest BCUT2D eigenvalue weighted by Gasteiger charge is -2.03. The number of pyridine rings is 1. The van der Waals surface area contributed by atoms with Crippen LogP contribution >= 0.6 is 27.5 Å².